The third-order valence-corrected chi connectivity index (χ3v) is 5.52. The van der Waals surface area contributed by atoms with Crippen LogP contribution in [0.4, 0.5) is 0 Å². The summed E-state index contributed by atoms with van der Waals surface area (Å²) in [5.41, 5.74) is 0. The first-order valence-corrected chi connectivity index (χ1v) is 8.63. The minimum atomic E-state index is -0.514. The van der Waals surface area contributed by atoms with Crippen molar-refractivity contribution in [2.75, 3.05) is 0 Å². The Labute approximate surface area is 137 Å². The lowest BCUT2D eigenvalue weighted by atomic mass is 9.84. The monoisotopic (exact) mass is 321 g/mol. The molecule has 1 amide bonds. The highest BCUT2D eigenvalue weighted by atomic mass is 35.5. The minimum Gasteiger partial charge on any atom is -0.481 e. The molecule has 0 aliphatic heterocycles. The van der Waals surface area contributed by atoms with Crippen LogP contribution in [0.2, 0.25) is 5.02 Å². The van der Waals surface area contributed by atoms with Crippen LogP contribution < -0.4 is 10.1 Å². The number of benzene rings is 1. The van der Waals surface area contributed by atoms with Gasteiger partial charge in [0.2, 0.25) is 0 Å². The third kappa shape index (κ3) is 3.40. The summed E-state index contributed by atoms with van der Waals surface area (Å²) >= 11 is 5.93. The Morgan fingerprint density at radius 2 is 2.14 bits per heavy atom. The molecule has 120 valence electrons. The molecule has 2 aliphatic carbocycles. The molecular formula is C18H24ClNO2. The van der Waals surface area contributed by atoms with Gasteiger partial charge >= 0.3 is 0 Å². The number of amides is 1. The molecule has 1 aromatic carbocycles. The maximum atomic E-state index is 12.3. The summed E-state index contributed by atoms with van der Waals surface area (Å²) in [5, 5.41) is 3.76. The summed E-state index contributed by atoms with van der Waals surface area (Å²) < 4.78 is 5.69. The summed E-state index contributed by atoms with van der Waals surface area (Å²) in [6.07, 6.45) is 4.84. The summed E-state index contributed by atoms with van der Waals surface area (Å²) in [5.74, 6) is 2.93. The SMILES string of the molecule is C[C@H](NC(=O)[C@@H](C)Oc1cccc(Cl)c1)[C@@H]1C[C@@H]2CC[C@@H]1C2. The Hall–Kier alpha value is -1.22. The van der Waals surface area contributed by atoms with E-state index in [0.29, 0.717) is 16.7 Å². The molecule has 22 heavy (non-hydrogen) atoms. The predicted molar refractivity (Wildman–Crippen MR) is 88.1 cm³/mol. The fourth-order valence-corrected chi connectivity index (χ4v) is 4.33. The molecule has 1 N–H and O–H groups in total. The minimum absolute atomic E-state index is 0.0461. The molecule has 3 nitrogen and oxygen atoms in total. The molecule has 2 bridgehead atoms. The topological polar surface area (TPSA) is 38.3 Å². The van der Waals surface area contributed by atoms with Crippen molar-refractivity contribution >= 4 is 17.5 Å². The molecule has 0 heterocycles. The van der Waals surface area contributed by atoms with E-state index in [1.54, 1.807) is 19.1 Å². The van der Waals surface area contributed by atoms with Gasteiger partial charge < -0.3 is 10.1 Å². The molecule has 2 fully saturated rings. The van der Waals surface area contributed by atoms with Crippen LogP contribution in [-0.4, -0.2) is 18.1 Å². The van der Waals surface area contributed by atoms with Crippen molar-refractivity contribution in [2.24, 2.45) is 17.8 Å². The average molecular weight is 322 g/mol. The number of rotatable bonds is 5. The fraction of sp³-hybridized carbons (Fsp3) is 0.611. The molecule has 0 spiro atoms. The molecule has 2 aliphatic rings. The molecule has 3 rings (SSSR count). The van der Waals surface area contributed by atoms with E-state index in [1.807, 2.05) is 12.1 Å². The second-order valence-corrected chi connectivity index (χ2v) is 7.29. The first-order valence-electron chi connectivity index (χ1n) is 8.25. The van der Waals surface area contributed by atoms with Gasteiger partial charge in [-0.3, -0.25) is 4.79 Å². The van der Waals surface area contributed by atoms with Crippen LogP contribution >= 0.6 is 11.6 Å². The van der Waals surface area contributed by atoms with Gasteiger partial charge in [0.15, 0.2) is 6.10 Å². The van der Waals surface area contributed by atoms with Crippen molar-refractivity contribution < 1.29 is 9.53 Å². The molecule has 5 atom stereocenters. The molecule has 2 saturated carbocycles. The first-order chi connectivity index (χ1) is 10.5. The lowest BCUT2D eigenvalue weighted by molar-refractivity contribution is -0.128. The molecule has 0 unspecified atom stereocenters. The second-order valence-electron chi connectivity index (χ2n) is 6.85. The van der Waals surface area contributed by atoms with Crippen molar-refractivity contribution in [3.05, 3.63) is 29.3 Å². The maximum Gasteiger partial charge on any atom is 0.260 e. The smallest absolute Gasteiger partial charge is 0.260 e. The summed E-state index contributed by atoms with van der Waals surface area (Å²) in [6.45, 7) is 3.92. The van der Waals surface area contributed by atoms with E-state index >= 15 is 0 Å². The van der Waals surface area contributed by atoms with Crippen LogP contribution in [0.5, 0.6) is 5.75 Å². The Morgan fingerprint density at radius 1 is 1.32 bits per heavy atom. The van der Waals surface area contributed by atoms with Gasteiger partial charge in [-0.25, -0.2) is 0 Å². The first kappa shape index (κ1) is 15.7. The molecule has 0 aromatic heterocycles. The predicted octanol–water partition coefficient (Wildman–Crippen LogP) is 4.05. The standard InChI is InChI=1S/C18H24ClNO2/c1-11(17-9-13-6-7-14(17)8-13)20-18(21)12(2)22-16-5-3-4-15(19)10-16/h3-5,10-14,17H,6-9H2,1-2H3,(H,20,21)/t11-,12+,13+,14+,17-/m0/s1. The van der Waals surface area contributed by atoms with Crippen molar-refractivity contribution in [3.63, 3.8) is 0 Å². The number of carbonyl (C=O) groups excluding carboxylic acids is 1. The van der Waals surface area contributed by atoms with Gasteiger partial charge in [-0.1, -0.05) is 24.1 Å². The van der Waals surface area contributed by atoms with Gasteiger partial charge in [0.1, 0.15) is 5.75 Å². The van der Waals surface area contributed by atoms with Gasteiger partial charge in [-0.2, -0.15) is 0 Å². The highest BCUT2D eigenvalue weighted by Gasteiger charge is 2.42. The average Bonchev–Trinajstić information content (AvgIpc) is 3.09. The summed E-state index contributed by atoms with van der Waals surface area (Å²) in [7, 11) is 0. The van der Waals surface area contributed by atoms with Crippen molar-refractivity contribution in [2.45, 2.75) is 51.7 Å². The van der Waals surface area contributed by atoms with Crippen LogP contribution in [0.15, 0.2) is 24.3 Å². The number of hydrogen-bond donors (Lipinski definition) is 1. The number of nitrogens with one attached hydrogen (secondary N) is 1. The lowest BCUT2D eigenvalue weighted by Crippen LogP contribution is -2.45. The van der Waals surface area contributed by atoms with Crippen LogP contribution in [0.1, 0.15) is 39.5 Å². The van der Waals surface area contributed by atoms with E-state index in [-0.39, 0.29) is 11.9 Å². The van der Waals surface area contributed by atoms with Crippen molar-refractivity contribution in [1.82, 2.24) is 5.32 Å². The van der Waals surface area contributed by atoms with Crippen molar-refractivity contribution in [1.29, 1.82) is 0 Å². The molecule has 4 heteroatoms. The Balaban J connectivity index is 1.52. The van der Waals surface area contributed by atoms with Gasteiger partial charge in [-0.15, -0.1) is 0 Å². The van der Waals surface area contributed by atoms with Gasteiger partial charge in [0.25, 0.3) is 5.91 Å². The van der Waals surface area contributed by atoms with E-state index in [0.717, 1.165) is 11.8 Å². The molecule has 0 saturated heterocycles. The fourth-order valence-electron chi connectivity index (χ4n) is 4.15. The van der Waals surface area contributed by atoms with E-state index in [4.69, 9.17) is 16.3 Å². The normalized spacial score (nSPS) is 29.1. The second kappa shape index (κ2) is 6.49. The number of ether oxygens (including phenoxy) is 1. The highest BCUT2D eigenvalue weighted by Crippen LogP contribution is 2.49. The number of hydrogen-bond acceptors (Lipinski definition) is 2. The van der Waals surface area contributed by atoms with E-state index < -0.39 is 6.10 Å². The number of fused-ring (bicyclic) bond motifs is 2. The quantitative estimate of drug-likeness (QED) is 0.888. The van der Waals surface area contributed by atoms with Crippen LogP contribution in [0.25, 0.3) is 0 Å². The molecule has 0 radical (unpaired) electrons. The van der Waals surface area contributed by atoms with Crippen LogP contribution in [0, 0.1) is 17.8 Å². The molecular weight excluding hydrogens is 298 g/mol. The van der Waals surface area contributed by atoms with Gasteiger partial charge in [0, 0.05) is 11.1 Å². The lowest BCUT2D eigenvalue weighted by Gasteiger charge is -2.29. The van der Waals surface area contributed by atoms with E-state index in [2.05, 4.69) is 12.2 Å². The van der Waals surface area contributed by atoms with Crippen molar-refractivity contribution in [3.8, 4) is 5.75 Å². The Bertz CT molecular complexity index is 548. The van der Waals surface area contributed by atoms with E-state index in [1.165, 1.54) is 25.7 Å². The third-order valence-electron chi connectivity index (χ3n) is 5.28. The van der Waals surface area contributed by atoms with E-state index in [9.17, 15) is 4.79 Å². The van der Waals surface area contributed by atoms with Crippen LogP contribution in [-0.2, 0) is 4.79 Å². The molecule has 1 aromatic rings. The van der Waals surface area contributed by atoms with Crippen LogP contribution in [0.3, 0.4) is 0 Å². The summed E-state index contributed by atoms with van der Waals surface area (Å²) in [6, 6.07) is 7.38. The van der Waals surface area contributed by atoms with Gasteiger partial charge in [-0.05, 0) is 69.1 Å². The highest BCUT2D eigenvalue weighted by molar-refractivity contribution is 6.30. The maximum absolute atomic E-state index is 12.3. The summed E-state index contributed by atoms with van der Waals surface area (Å²) in [4.78, 5) is 12.3. The number of halogens is 1. The zero-order valence-electron chi connectivity index (χ0n) is 13.2. The Morgan fingerprint density at radius 3 is 2.77 bits per heavy atom. The largest absolute Gasteiger partial charge is 0.481 e. The zero-order chi connectivity index (χ0) is 15.7. The van der Waals surface area contributed by atoms with Gasteiger partial charge in [0.05, 0.1) is 0 Å². The zero-order valence-corrected chi connectivity index (χ0v) is 14.0. The Kier molecular flexibility index (Phi) is 4.62. The number of carbonyl (C=O) groups is 1.